The lowest BCUT2D eigenvalue weighted by Crippen LogP contribution is -2.41. The molecule has 0 atom stereocenters. The highest BCUT2D eigenvalue weighted by atomic mass is 32.1. The maximum absolute atomic E-state index is 11.1. The number of hydrogen-bond acceptors (Lipinski definition) is 3. The molecule has 0 bridgehead atoms. The normalized spacial score (nSPS) is 15.8. The Morgan fingerprint density at radius 2 is 1.96 bits per heavy atom. The highest BCUT2D eigenvalue weighted by Gasteiger charge is 2.13. The zero-order valence-electron chi connectivity index (χ0n) is 13.7. The molecule has 0 heterocycles. The molecule has 0 unspecified atom stereocenters. The first-order valence-corrected chi connectivity index (χ1v) is 8.44. The average molecular weight is 332 g/mol. The van der Waals surface area contributed by atoms with Gasteiger partial charge in [0.25, 0.3) is 0 Å². The van der Waals surface area contributed by atoms with E-state index in [1.807, 2.05) is 31.2 Å². The number of nitrogens with one attached hydrogen (secondary N) is 3. The van der Waals surface area contributed by atoms with E-state index in [1.54, 1.807) is 0 Å². The Morgan fingerprint density at radius 3 is 2.65 bits per heavy atom. The smallest absolute Gasteiger partial charge is 0.221 e. The van der Waals surface area contributed by atoms with Crippen LogP contribution in [0.3, 0.4) is 0 Å². The second-order valence-electron chi connectivity index (χ2n) is 5.88. The van der Waals surface area contributed by atoms with Crippen molar-refractivity contribution in [3.05, 3.63) is 29.8 Å². The van der Waals surface area contributed by atoms with Crippen LogP contribution in [0.25, 0.3) is 0 Å². The Labute approximate surface area is 142 Å². The van der Waals surface area contributed by atoms with Crippen molar-refractivity contribution in [1.82, 2.24) is 10.7 Å². The summed E-state index contributed by atoms with van der Waals surface area (Å²) in [5.41, 5.74) is 5.41. The predicted molar refractivity (Wildman–Crippen MR) is 98.7 cm³/mol. The summed E-state index contributed by atoms with van der Waals surface area (Å²) in [6.07, 6.45) is 6.18. The molecule has 2 rings (SSSR count). The minimum absolute atomic E-state index is 0.0901. The van der Waals surface area contributed by atoms with Gasteiger partial charge < -0.3 is 10.6 Å². The molecule has 3 N–H and O–H groups in total. The monoisotopic (exact) mass is 332 g/mol. The van der Waals surface area contributed by atoms with Crippen LogP contribution in [-0.4, -0.2) is 22.8 Å². The second kappa shape index (κ2) is 8.62. The van der Waals surface area contributed by atoms with Crippen LogP contribution in [0.15, 0.2) is 29.4 Å². The third-order valence-corrected chi connectivity index (χ3v) is 4.08. The summed E-state index contributed by atoms with van der Waals surface area (Å²) < 4.78 is 0. The van der Waals surface area contributed by atoms with Gasteiger partial charge in [0.1, 0.15) is 0 Å². The molecule has 1 aromatic carbocycles. The van der Waals surface area contributed by atoms with E-state index in [0.717, 1.165) is 17.0 Å². The summed E-state index contributed by atoms with van der Waals surface area (Å²) >= 11 is 5.30. The predicted octanol–water partition coefficient (Wildman–Crippen LogP) is 3.17. The molecule has 1 fully saturated rings. The topological polar surface area (TPSA) is 65.5 Å². The van der Waals surface area contributed by atoms with Gasteiger partial charge in [0.2, 0.25) is 5.91 Å². The number of rotatable bonds is 4. The first-order chi connectivity index (χ1) is 11.0. The van der Waals surface area contributed by atoms with Gasteiger partial charge >= 0.3 is 0 Å². The van der Waals surface area contributed by atoms with Crippen LogP contribution in [0.2, 0.25) is 0 Å². The lowest BCUT2D eigenvalue weighted by molar-refractivity contribution is -0.114. The summed E-state index contributed by atoms with van der Waals surface area (Å²) in [4.78, 5) is 11.1. The molecular weight excluding hydrogens is 308 g/mol. The van der Waals surface area contributed by atoms with Gasteiger partial charge in [0.15, 0.2) is 5.11 Å². The van der Waals surface area contributed by atoms with Gasteiger partial charge in [-0.25, -0.2) is 0 Å². The van der Waals surface area contributed by atoms with E-state index >= 15 is 0 Å². The Balaban J connectivity index is 1.91. The van der Waals surface area contributed by atoms with E-state index in [2.05, 4.69) is 21.2 Å². The third kappa shape index (κ3) is 5.98. The van der Waals surface area contributed by atoms with Crippen molar-refractivity contribution in [1.29, 1.82) is 0 Å². The molecule has 0 radical (unpaired) electrons. The SMILES string of the molecule is CC(=O)Nc1cccc(/C(C)=N/NC(=S)NC2CCCCC2)c1. The van der Waals surface area contributed by atoms with Gasteiger partial charge in [-0.15, -0.1) is 0 Å². The van der Waals surface area contributed by atoms with Gasteiger partial charge in [0, 0.05) is 18.7 Å². The number of nitrogens with zero attached hydrogens (tertiary/aromatic N) is 1. The molecule has 1 aromatic rings. The number of carbonyl (C=O) groups is 1. The fourth-order valence-corrected chi connectivity index (χ4v) is 2.90. The summed E-state index contributed by atoms with van der Waals surface area (Å²) in [6, 6.07) is 8.03. The fourth-order valence-electron chi connectivity index (χ4n) is 2.69. The van der Waals surface area contributed by atoms with Crippen LogP contribution in [0.4, 0.5) is 5.69 Å². The molecule has 0 aliphatic heterocycles. The van der Waals surface area contributed by atoms with Crippen molar-refractivity contribution in [2.24, 2.45) is 5.10 Å². The lowest BCUT2D eigenvalue weighted by Gasteiger charge is -2.23. The average Bonchev–Trinajstić information content (AvgIpc) is 2.53. The quantitative estimate of drug-likeness (QED) is 0.450. The van der Waals surface area contributed by atoms with Crippen molar-refractivity contribution in [2.45, 2.75) is 52.0 Å². The highest BCUT2D eigenvalue weighted by molar-refractivity contribution is 7.80. The Kier molecular flexibility index (Phi) is 6.52. The number of hydrogen-bond donors (Lipinski definition) is 3. The van der Waals surface area contributed by atoms with Crippen LogP contribution in [0, 0.1) is 0 Å². The fraction of sp³-hybridized carbons (Fsp3) is 0.471. The van der Waals surface area contributed by atoms with Crippen molar-refractivity contribution in [3.8, 4) is 0 Å². The second-order valence-corrected chi connectivity index (χ2v) is 6.29. The molecule has 0 aromatic heterocycles. The maximum Gasteiger partial charge on any atom is 0.221 e. The first-order valence-electron chi connectivity index (χ1n) is 8.03. The zero-order chi connectivity index (χ0) is 16.7. The standard InChI is InChI=1S/C17H24N4OS/c1-12(14-7-6-10-16(11-14)18-13(2)22)20-21-17(23)19-15-8-4-3-5-9-15/h6-7,10-11,15H,3-5,8-9H2,1-2H3,(H,18,22)(H2,19,21,23)/b20-12+. The highest BCUT2D eigenvalue weighted by Crippen LogP contribution is 2.17. The van der Waals surface area contributed by atoms with E-state index in [9.17, 15) is 4.79 Å². The van der Waals surface area contributed by atoms with Crippen molar-refractivity contribution >= 4 is 34.6 Å². The Hall–Kier alpha value is -1.95. The minimum atomic E-state index is -0.0901. The third-order valence-electron chi connectivity index (χ3n) is 3.87. The number of thiocarbonyl (C=S) groups is 1. The Morgan fingerprint density at radius 1 is 1.22 bits per heavy atom. The van der Waals surface area contributed by atoms with Gasteiger partial charge in [-0.1, -0.05) is 31.4 Å². The number of amides is 1. The molecular formula is C17H24N4OS. The number of benzene rings is 1. The maximum atomic E-state index is 11.1. The van der Waals surface area contributed by atoms with Crippen molar-refractivity contribution in [2.75, 3.05) is 5.32 Å². The van der Waals surface area contributed by atoms with Crippen LogP contribution < -0.4 is 16.1 Å². The molecule has 23 heavy (non-hydrogen) atoms. The summed E-state index contributed by atoms with van der Waals surface area (Å²) in [5, 5.41) is 11.0. The Bertz CT molecular complexity index is 594. The summed E-state index contributed by atoms with van der Waals surface area (Å²) in [6.45, 7) is 3.40. The first kappa shape index (κ1) is 17.4. The van der Waals surface area contributed by atoms with Crippen LogP contribution in [-0.2, 0) is 4.79 Å². The van der Waals surface area contributed by atoms with Crippen molar-refractivity contribution < 1.29 is 4.79 Å². The van der Waals surface area contributed by atoms with Gasteiger partial charge in [0.05, 0.1) is 5.71 Å². The van der Waals surface area contributed by atoms with Gasteiger partial charge in [-0.2, -0.15) is 5.10 Å². The van der Waals surface area contributed by atoms with E-state index in [0.29, 0.717) is 11.2 Å². The van der Waals surface area contributed by atoms with E-state index in [4.69, 9.17) is 12.2 Å². The molecule has 1 amide bonds. The molecule has 1 aliphatic carbocycles. The van der Waals surface area contributed by atoms with Crippen LogP contribution in [0.5, 0.6) is 0 Å². The number of hydrazone groups is 1. The summed E-state index contributed by atoms with van der Waals surface area (Å²) in [7, 11) is 0. The lowest BCUT2D eigenvalue weighted by atomic mass is 9.96. The van der Waals surface area contributed by atoms with Crippen LogP contribution in [0.1, 0.15) is 51.5 Å². The molecule has 0 saturated heterocycles. The van der Waals surface area contributed by atoms with E-state index in [-0.39, 0.29) is 5.91 Å². The molecule has 6 heteroatoms. The van der Waals surface area contributed by atoms with E-state index < -0.39 is 0 Å². The molecule has 5 nitrogen and oxygen atoms in total. The van der Waals surface area contributed by atoms with Gasteiger partial charge in [-0.05, 0) is 49.7 Å². The van der Waals surface area contributed by atoms with Crippen molar-refractivity contribution in [3.63, 3.8) is 0 Å². The molecule has 0 spiro atoms. The molecule has 1 aliphatic rings. The number of carbonyl (C=O) groups excluding carboxylic acids is 1. The zero-order valence-corrected chi connectivity index (χ0v) is 14.5. The largest absolute Gasteiger partial charge is 0.359 e. The summed E-state index contributed by atoms with van der Waals surface area (Å²) in [5.74, 6) is -0.0901. The minimum Gasteiger partial charge on any atom is -0.359 e. The van der Waals surface area contributed by atoms with Gasteiger partial charge in [-0.3, -0.25) is 10.2 Å². The molecule has 124 valence electrons. The number of anilines is 1. The molecule has 1 saturated carbocycles. The van der Waals surface area contributed by atoms with Crippen LogP contribution >= 0.6 is 12.2 Å². The van der Waals surface area contributed by atoms with E-state index in [1.165, 1.54) is 39.0 Å².